The van der Waals surface area contributed by atoms with Gasteiger partial charge in [0, 0.05) is 58.4 Å². The third-order valence-corrected chi connectivity index (χ3v) is 4.58. The molecule has 8 heteroatoms. The van der Waals surface area contributed by atoms with E-state index < -0.39 is 0 Å². The first-order chi connectivity index (χ1) is 13.1. The standard InChI is InChI=1S/C20H32FN5O.HI/c1-3-22-20(24-12-7-15-26-14-5-10-19(26)27)23-11-6-13-25(2)18-9-4-8-17(21)16-18;/h4,8-9,16H,3,5-7,10-15H2,1-2H3,(H2,22,23,24);1H. The fourth-order valence-corrected chi connectivity index (χ4v) is 3.10. The van der Waals surface area contributed by atoms with Crippen LogP contribution < -0.4 is 15.5 Å². The van der Waals surface area contributed by atoms with Crippen LogP contribution in [-0.2, 0) is 4.79 Å². The minimum atomic E-state index is -0.213. The maximum Gasteiger partial charge on any atom is 0.222 e. The molecular weight excluding hydrogens is 472 g/mol. The number of guanidine groups is 1. The van der Waals surface area contributed by atoms with Crippen molar-refractivity contribution < 1.29 is 9.18 Å². The molecule has 6 nitrogen and oxygen atoms in total. The van der Waals surface area contributed by atoms with Crippen LogP contribution >= 0.6 is 24.0 Å². The van der Waals surface area contributed by atoms with E-state index in [1.54, 1.807) is 12.1 Å². The molecule has 2 rings (SSSR count). The summed E-state index contributed by atoms with van der Waals surface area (Å²) in [5.74, 6) is 0.861. The summed E-state index contributed by atoms with van der Waals surface area (Å²) in [5.41, 5.74) is 0.882. The number of hydrogen-bond donors (Lipinski definition) is 2. The van der Waals surface area contributed by atoms with Gasteiger partial charge in [0.05, 0.1) is 0 Å². The topological polar surface area (TPSA) is 60.0 Å². The van der Waals surface area contributed by atoms with Gasteiger partial charge in [0.15, 0.2) is 5.96 Å². The van der Waals surface area contributed by atoms with E-state index in [4.69, 9.17) is 0 Å². The van der Waals surface area contributed by atoms with Gasteiger partial charge in [0.1, 0.15) is 5.82 Å². The monoisotopic (exact) mass is 505 g/mol. The summed E-state index contributed by atoms with van der Waals surface area (Å²) in [6, 6.07) is 6.64. The van der Waals surface area contributed by atoms with Crippen molar-refractivity contribution in [3.8, 4) is 0 Å². The molecule has 0 aliphatic carbocycles. The van der Waals surface area contributed by atoms with Gasteiger partial charge in [-0.1, -0.05) is 6.07 Å². The maximum atomic E-state index is 13.3. The number of nitrogens with zero attached hydrogens (tertiary/aromatic N) is 3. The molecule has 1 saturated heterocycles. The second-order valence-electron chi connectivity index (χ2n) is 6.78. The van der Waals surface area contributed by atoms with Crippen LogP contribution in [-0.4, -0.2) is 63.1 Å². The number of benzene rings is 1. The molecule has 2 N–H and O–H groups in total. The van der Waals surface area contributed by atoms with Crippen molar-refractivity contribution in [3.63, 3.8) is 0 Å². The lowest BCUT2D eigenvalue weighted by atomic mass is 10.2. The molecule has 0 bridgehead atoms. The van der Waals surface area contributed by atoms with Gasteiger partial charge in [-0.3, -0.25) is 9.79 Å². The second kappa shape index (κ2) is 13.6. The molecule has 1 heterocycles. The number of likely N-dealkylation sites (tertiary alicyclic amines) is 1. The number of hydrogen-bond acceptors (Lipinski definition) is 3. The van der Waals surface area contributed by atoms with Gasteiger partial charge < -0.3 is 20.4 Å². The summed E-state index contributed by atoms with van der Waals surface area (Å²) in [4.78, 5) is 20.1. The van der Waals surface area contributed by atoms with Gasteiger partial charge in [-0.15, -0.1) is 24.0 Å². The molecule has 0 saturated carbocycles. The first-order valence-corrected chi connectivity index (χ1v) is 9.87. The fourth-order valence-electron chi connectivity index (χ4n) is 3.10. The van der Waals surface area contributed by atoms with E-state index in [0.717, 1.165) is 63.6 Å². The van der Waals surface area contributed by atoms with Crippen LogP contribution in [0.15, 0.2) is 29.3 Å². The van der Waals surface area contributed by atoms with Gasteiger partial charge in [0.25, 0.3) is 0 Å². The highest BCUT2D eigenvalue weighted by molar-refractivity contribution is 14.0. The van der Waals surface area contributed by atoms with Crippen molar-refractivity contribution >= 4 is 41.5 Å². The quantitative estimate of drug-likeness (QED) is 0.222. The van der Waals surface area contributed by atoms with E-state index in [9.17, 15) is 9.18 Å². The Morgan fingerprint density at radius 1 is 1.32 bits per heavy atom. The molecule has 0 unspecified atom stereocenters. The first-order valence-electron chi connectivity index (χ1n) is 9.87. The van der Waals surface area contributed by atoms with Crippen molar-refractivity contribution in [2.45, 2.75) is 32.6 Å². The number of aliphatic imine (C=N–C) groups is 1. The summed E-state index contributed by atoms with van der Waals surface area (Å²) >= 11 is 0. The average molecular weight is 505 g/mol. The van der Waals surface area contributed by atoms with Crippen LogP contribution in [0.4, 0.5) is 10.1 Å². The average Bonchev–Trinajstić information content (AvgIpc) is 3.06. The lowest BCUT2D eigenvalue weighted by Gasteiger charge is -2.20. The third kappa shape index (κ3) is 8.62. The number of carbonyl (C=O) groups excluding carboxylic acids is 1. The molecule has 1 amide bonds. The molecule has 0 radical (unpaired) electrons. The smallest absolute Gasteiger partial charge is 0.222 e. The van der Waals surface area contributed by atoms with Crippen LogP contribution in [0, 0.1) is 5.82 Å². The summed E-state index contributed by atoms with van der Waals surface area (Å²) in [6.07, 6.45) is 3.47. The van der Waals surface area contributed by atoms with E-state index in [1.807, 2.05) is 29.8 Å². The van der Waals surface area contributed by atoms with Crippen molar-refractivity contribution in [2.75, 3.05) is 51.2 Å². The number of nitrogens with one attached hydrogen (secondary N) is 2. The van der Waals surface area contributed by atoms with Crippen molar-refractivity contribution in [1.29, 1.82) is 0 Å². The van der Waals surface area contributed by atoms with E-state index in [2.05, 4.69) is 15.6 Å². The summed E-state index contributed by atoms with van der Waals surface area (Å²) in [5, 5.41) is 6.58. The van der Waals surface area contributed by atoms with Crippen LogP contribution in [0.3, 0.4) is 0 Å². The molecule has 1 aromatic carbocycles. The van der Waals surface area contributed by atoms with Crippen molar-refractivity contribution in [3.05, 3.63) is 30.1 Å². The second-order valence-corrected chi connectivity index (χ2v) is 6.78. The van der Waals surface area contributed by atoms with Gasteiger partial charge in [0.2, 0.25) is 5.91 Å². The number of amides is 1. The van der Waals surface area contributed by atoms with Gasteiger partial charge >= 0.3 is 0 Å². The van der Waals surface area contributed by atoms with Crippen molar-refractivity contribution in [1.82, 2.24) is 15.5 Å². The molecule has 0 atom stereocenters. The van der Waals surface area contributed by atoms with E-state index in [1.165, 1.54) is 6.07 Å². The van der Waals surface area contributed by atoms with E-state index in [0.29, 0.717) is 13.0 Å². The largest absolute Gasteiger partial charge is 0.374 e. The predicted molar refractivity (Wildman–Crippen MR) is 124 cm³/mol. The van der Waals surface area contributed by atoms with Crippen LogP contribution in [0.5, 0.6) is 0 Å². The van der Waals surface area contributed by atoms with Crippen LogP contribution in [0.2, 0.25) is 0 Å². The SMILES string of the molecule is CCNC(=NCCCN1CCCC1=O)NCCCN(C)c1cccc(F)c1.I. The Morgan fingerprint density at radius 3 is 2.82 bits per heavy atom. The summed E-state index contributed by atoms with van der Waals surface area (Å²) < 4.78 is 13.3. The molecule has 1 aliphatic rings. The van der Waals surface area contributed by atoms with Crippen molar-refractivity contribution in [2.24, 2.45) is 4.99 Å². The number of halogens is 2. The summed E-state index contributed by atoms with van der Waals surface area (Å²) in [7, 11) is 1.97. The molecule has 0 spiro atoms. The highest BCUT2D eigenvalue weighted by Crippen LogP contribution is 2.13. The molecular formula is C20H33FIN5O. The summed E-state index contributed by atoms with van der Waals surface area (Å²) in [6.45, 7) is 6.84. The Hall–Kier alpha value is -1.58. The zero-order valence-corrected chi connectivity index (χ0v) is 19.2. The van der Waals surface area contributed by atoms with E-state index >= 15 is 0 Å². The number of carbonyl (C=O) groups is 1. The molecule has 1 aliphatic heterocycles. The Morgan fingerprint density at radius 2 is 2.14 bits per heavy atom. The number of rotatable bonds is 10. The first kappa shape index (κ1) is 24.5. The Kier molecular flexibility index (Phi) is 11.9. The Balaban J connectivity index is 0.00000392. The maximum absolute atomic E-state index is 13.3. The normalized spacial score (nSPS) is 14.0. The van der Waals surface area contributed by atoms with Gasteiger partial charge in [-0.25, -0.2) is 4.39 Å². The zero-order chi connectivity index (χ0) is 19.5. The molecule has 28 heavy (non-hydrogen) atoms. The van der Waals surface area contributed by atoms with Crippen LogP contribution in [0.25, 0.3) is 0 Å². The fraction of sp³-hybridized carbons (Fsp3) is 0.600. The molecule has 1 fully saturated rings. The lowest BCUT2D eigenvalue weighted by molar-refractivity contribution is -0.127. The molecule has 1 aromatic rings. The molecule has 0 aromatic heterocycles. The predicted octanol–water partition coefficient (Wildman–Crippen LogP) is 2.84. The molecule has 158 valence electrons. The van der Waals surface area contributed by atoms with Gasteiger partial charge in [-0.05, 0) is 44.4 Å². The Bertz CT molecular complexity index is 628. The lowest BCUT2D eigenvalue weighted by Crippen LogP contribution is -2.38. The minimum Gasteiger partial charge on any atom is -0.374 e. The third-order valence-electron chi connectivity index (χ3n) is 4.58. The highest BCUT2D eigenvalue weighted by atomic mass is 127. The number of anilines is 1. The van der Waals surface area contributed by atoms with Gasteiger partial charge in [-0.2, -0.15) is 0 Å². The zero-order valence-electron chi connectivity index (χ0n) is 16.9. The Labute approximate surface area is 185 Å². The van der Waals surface area contributed by atoms with Crippen LogP contribution in [0.1, 0.15) is 32.6 Å². The minimum absolute atomic E-state index is 0. The van der Waals surface area contributed by atoms with E-state index in [-0.39, 0.29) is 35.7 Å². The highest BCUT2D eigenvalue weighted by Gasteiger charge is 2.18.